The summed E-state index contributed by atoms with van der Waals surface area (Å²) >= 11 is 0. The lowest BCUT2D eigenvalue weighted by molar-refractivity contribution is -0.188. The molecule has 0 aromatic rings. The molecule has 4 nitrogen and oxygen atoms in total. The van der Waals surface area contributed by atoms with Crippen molar-refractivity contribution in [2.75, 3.05) is 0 Å². The molecule has 4 heteroatoms. The summed E-state index contributed by atoms with van der Waals surface area (Å²) in [5.41, 5.74) is -2.56. The lowest BCUT2D eigenvalue weighted by atomic mass is 9.41. The molecule has 3 N–H and O–H groups in total. The lowest BCUT2D eigenvalue weighted by Crippen LogP contribution is -2.59. The van der Waals surface area contributed by atoms with E-state index >= 15 is 0 Å². The zero-order valence-electron chi connectivity index (χ0n) is 15.3. The van der Waals surface area contributed by atoms with E-state index in [1.807, 2.05) is 6.92 Å². The zero-order chi connectivity index (χ0) is 17.6. The molecule has 0 aromatic heterocycles. The molecule has 1 spiro atoms. The summed E-state index contributed by atoms with van der Waals surface area (Å²) in [7, 11) is 0. The van der Waals surface area contributed by atoms with Gasteiger partial charge in [0.25, 0.3) is 0 Å². The van der Waals surface area contributed by atoms with E-state index in [9.17, 15) is 20.1 Å². The van der Waals surface area contributed by atoms with E-state index in [0.29, 0.717) is 25.2 Å². The standard InChI is InChI=1S/C20H32O4/c1-16-7-4-8-17(2,15(21)22)13(16)5-9-19-11-18(3,23)20(24,12-19)10-6-14(16)19/h13-14,23-24H,4-12H2,1-3H3,(H,21,22)/t13?,14?,16-,17-,18-,19-,20+/m1/s1. The van der Waals surface area contributed by atoms with Crippen molar-refractivity contribution in [2.24, 2.45) is 28.1 Å². The Hall–Kier alpha value is -0.610. The normalized spacial score (nSPS) is 59.5. The smallest absolute Gasteiger partial charge is 0.309 e. The largest absolute Gasteiger partial charge is 0.481 e. The van der Waals surface area contributed by atoms with Crippen LogP contribution in [0.4, 0.5) is 0 Å². The second kappa shape index (κ2) is 4.56. The monoisotopic (exact) mass is 336 g/mol. The van der Waals surface area contributed by atoms with Gasteiger partial charge in [-0.2, -0.15) is 0 Å². The fraction of sp³-hybridized carbons (Fsp3) is 0.950. The first-order valence-electron chi connectivity index (χ1n) is 9.67. The first kappa shape index (κ1) is 16.8. The van der Waals surface area contributed by atoms with E-state index in [1.54, 1.807) is 6.92 Å². The zero-order valence-corrected chi connectivity index (χ0v) is 15.3. The predicted molar refractivity (Wildman–Crippen MR) is 90.4 cm³/mol. The Balaban J connectivity index is 1.76. The van der Waals surface area contributed by atoms with Crippen LogP contribution in [-0.4, -0.2) is 32.5 Å². The number of carbonyl (C=O) groups is 1. The second-order valence-corrected chi connectivity index (χ2v) is 10.3. The maximum absolute atomic E-state index is 12.1. The Morgan fingerprint density at radius 1 is 0.917 bits per heavy atom. The fourth-order valence-electron chi connectivity index (χ4n) is 8.02. The number of rotatable bonds is 1. The van der Waals surface area contributed by atoms with Gasteiger partial charge in [-0.3, -0.25) is 4.79 Å². The highest BCUT2D eigenvalue weighted by Gasteiger charge is 2.71. The topological polar surface area (TPSA) is 77.8 Å². The van der Waals surface area contributed by atoms with Crippen molar-refractivity contribution in [1.82, 2.24) is 0 Å². The molecule has 0 heterocycles. The molecular formula is C20H32O4. The Labute approximate surface area is 144 Å². The van der Waals surface area contributed by atoms with Gasteiger partial charge in [0, 0.05) is 0 Å². The molecule has 4 fully saturated rings. The van der Waals surface area contributed by atoms with E-state index in [4.69, 9.17) is 0 Å². The summed E-state index contributed by atoms with van der Waals surface area (Å²) in [5, 5.41) is 31.8. The lowest BCUT2D eigenvalue weighted by Gasteiger charge is -2.63. The van der Waals surface area contributed by atoms with Crippen molar-refractivity contribution >= 4 is 5.97 Å². The molecule has 0 aliphatic heterocycles. The van der Waals surface area contributed by atoms with Gasteiger partial charge in [0.1, 0.15) is 0 Å². The van der Waals surface area contributed by atoms with E-state index < -0.39 is 22.6 Å². The summed E-state index contributed by atoms with van der Waals surface area (Å²) in [5.74, 6) is 0.000648. The number of carboxylic acid groups (broad SMARTS) is 1. The van der Waals surface area contributed by atoms with Gasteiger partial charge in [-0.15, -0.1) is 0 Å². The molecule has 0 saturated heterocycles. The molecule has 0 radical (unpaired) electrons. The summed E-state index contributed by atoms with van der Waals surface area (Å²) in [6.07, 6.45) is 7.67. The van der Waals surface area contributed by atoms with Crippen LogP contribution in [0.3, 0.4) is 0 Å². The van der Waals surface area contributed by atoms with E-state index in [-0.39, 0.29) is 16.7 Å². The van der Waals surface area contributed by atoms with Crippen molar-refractivity contribution in [2.45, 2.75) is 89.8 Å². The number of carboxylic acids is 1. The molecule has 4 rings (SSSR count). The molecule has 4 saturated carbocycles. The van der Waals surface area contributed by atoms with Crippen molar-refractivity contribution in [3.05, 3.63) is 0 Å². The molecular weight excluding hydrogens is 304 g/mol. The van der Waals surface area contributed by atoms with Crippen LogP contribution in [0.15, 0.2) is 0 Å². The van der Waals surface area contributed by atoms with Crippen LogP contribution >= 0.6 is 0 Å². The Kier molecular flexibility index (Phi) is 3.20. The number of fused-ring (bicyclic) bond motifs is 3. The molecule has 0 amide bonds. The van der Waals surface area contributed by atoms with Crippen LogP contribution in [0.5, 0.6) is 0 Å². The van der Waals surface area contributed by atoms with Gasteiger partial charge in [0.2, 0.25) is 0 Å². The number of hydrogen-bond acceptors (Lipinski definition) is 3. The SMILES string of the molecule is C[C@@]12CCC[C@@](C)(C(=O)O)C1CC[C@@]13C[C@@](O)(CCC12)[C@](C)(O)C3. The average molecular weight is 336 g/mol. The van der Waals surface area contributed by atoms with Gasteiger partial charge in [-0.25, -0.2) is 0 Å². The average Bonchev–Trinajstić information content (AvgIpc) is 2.59. The Morgan fingerprint density at radius 3 is 2.25 bits per heavy atom. The maximum atomic E-state index is 12.1. The number of hydrogen-bond donors (Lipinski definition) is 3. The minimum atomic E-state index is -1.00. The van der Waals surface area contributed by atoms with Crippen molar-refractivity contribution in [3.8, 4) is 0 Å². The van der Waals surface area contributed by atoms with Gasteiger partial charge in [0.05, 0.1) is 16.6 Å². The predicted octanol–water partition coefficient (Wildman–Crippen LogP) is 3.35. The quantitative estimate of drug-likeness (QED) is 0.686. The number of aliphatic hydroxyl groups is 2. The molecule has 136 valence electrons. The molecule has 2 bridgehead atoms. The van der Waals surface area contributed by atoms with Crippen LogP contribution in [0, 0.1) is 28.1 Å². The summed E-state index contributed by atoms with van der Waals surface area (Å²) in [6.45, 7) is 6.08. The van der Waals surface area contributed by atoms with Gasteiger partial charge in [0.15, 0.2) is 0 Å². The molecule has 7 atom stereocenters. The number of aliphatic carboxylic acids is 1. The van der Waals surface area contributed by atoms with Crippen LogP contribution in [-0.2, 0) is 4.79 Å². The first-order chi connectivity index (χ1) is 11.0. The van der Waals surface area contributed by atoms with Gasteiger partial charge >= 0.3 is 5.97 Å². The third kappa shape index (κ3) is 1.79. The van der Waals surface area contributed by atoms with Crippen LogP contribution in [0.25, 0.3) is 0 Å². The third-order valence-corrected chi connectivity index (χ3v) is 9.12. The summed E-state index contributed by atoms with van der Waals surface area (Å²) in [4.78, 5) is 12.1. The van der Waals surface area contributed by atoms with E-state index in [2.05, 4.69) is 6.92 Å². The van der Waals surface area contributed by atoms with Gasteiger partial charge in [-0.05, 0) is 87.9 Å². The molecule has 4 aliphatic carbocycles. The highest BCUT2D eigenvalue weighted by Crippen LogP contribution is 2.73. The minimum absolute atomic E-state index is 0.00148. The van der Waals surface area contributed by atoms with Crippen LogP contribution in [0.1, 0.15) is 78.6 Å². The van der Waals surface area contributed by atoms with Gasteiger partial charge < -0.3 is 15.3 Å². The highest BCUT2D eigenvalue weighted by molar-refractivity contribution is 5.75. The van der Waals surface area contributed by atoms with E-state index in [0.717, 1.165) is 38.5 Å². The summed E-state index contributed by atoms with van der Waals surface area (Å²) in [6, 6.07) is 0. The van der Waals surface area contributed by atoms with Crippen molar-refractivity contribution in [1.29, 1.82) is 0 Å². The van der Waals surface area contributed by atoms with Gasteiger partial charge in [-0.1, -0.05) is 13.3 Å². The van der Waals surface area contributed by atoms with E-state index in [1.165, 1.54) is 0 Å². The first-order valence-corrected chi connectivity index (χ1v) is 9.67. The van der Waals surface area contributed by atoms with Crippen molar-refractivity contribution in [3.63, 3.8) is 0 Å². The molecule has 4 aliphatic rings. The molecule has 2 unspecified atom stereocenters. The Bertz CT molecular complexity index is 582. The van der Waals surface area contributed by atoms with Crippen molar-refractivity contribution < 1.29 is 20.1 Å². The Morgan fingerprint density at radius 2 is 1.58 bits per heavy atom. The molecule has 24 heavy (non-hydrogen) atoms. The summed E-state index contributed by atoms with van der Waals surface area (Å²) < 4.78 is 0. The van der Waals surface area contributed by atoms with Crippen LogP contribution < -0.4 is 0 Å². The minimum Gasteiger partial charge on any atom is -0.481 e. The third-order valence-electron chi connectivity index (χ3n) is 9.12. The second-order valence-electron chi connectivity index (χ2n) is 10.3. The van der Waals surface area contributed by atoms with Crippen LogP contribution in [0.2, 0.25) is 0 Å². The maximum Gasteiger partial charge on any atom is 0.309 e. The fourth-order valence-corrected chi connectivity index (χ4v) is 8.02. The molecule has 0 aromatic carbocycles. The highest BCUT2D eigenvalue weighted by atomic mass is 16.4.